The lowest BCUT2D eigenvalue weighted by Crippen LogP contribution is -2.23. The Balaban J connectivity index is 1.38. The highest BCUT2D eigenvalue weighted by atomic mass is 32.2. The van der Waals surface area contributed by atoms with E-state index in [0.29, 0.717) is 11.1 Å². The minimum atomic E-state index is -3.96. The molecule has 0 bridgehead atoms. The quantitative estimate of drug-likeness (QED) is 0.417. The third-order valence-corrected chi connectivity index (χ3v) is 8.67. The number of amides is 2. The van der Waals surface area contributed by atoms with Gasteiger partial charge in [-0.25, -0.2) is 13.4 Å². The maximum atomic E-state index is 13.2. The number of carbonyl (C=O) groups excluding carboxylic acids is 2. The molecule has 0 fully saturated rings. The van der Waals surface area contributed by atoms with Crippen LogP contribution in [0.15, 0.2) is 76.7 Å². The van der Waals surface area contributed by atoms with Gasteiger partial charge in [0.25, 0.3) is 11.8 Å². The molecule has 2 N–H and O–H groups in total. The summed E-state index contributed by atoms with van der Waals surface area (Å²) >= 11 is 1.41. The average Bonchev–Trinajstić information content (AvgIpc) is 3.34. The van der Waals surface area contributed by atoms with Crippen molar-refractivity contribution in [1.82, 2.24) is 10.3 Å². The first kappa shape index (κ1) is 23.4. The van der Waals surface area contributed by atoms with E-state index in [0.717, 1.165) is 15.4 Å². The molecule has 0 saturated heterocycles. The number of sulfone groups is 1. The topological polar surface area (TPSA) is 129 Å². The molecule has 0 atom stereocenters. The fourth-order valence-electron chi connectivity index (χ4n) is 3.92. The maximum absolute atomic E-state index is 13.2. The highest BCUT2D eigenvalue weighted by Gasteiger charge is 2.32. The van der Waals surface area contributed by atoms with E-state index >= 15 is 0 Å². The first-order valence-corrected chi connectivity index (χ1v) is 13.1. The molecule has 4 aromatic rings. The number of hydrogen-bond donors (Lipinski definition) is 2. The van der Waals surface area contributed by atoms with Crippen molar-refractivity contribution >= 4 is 38.7 Å². The number of rotatable bonds is 4. The molecule has 8 nitrogen and oxygen atoms in total. The van der Waals surface area contributed by atoms with Crippen LogP contribution in [-0.2, 0) is 16.4 Å². The zero-order valence-corrected chi connectivity index (χ0v) is 20.5. The van der Waals surface area contributed by atoms with Gasteiger partial charge in [-0.2, -0.15) is 5.26 Å². The third kappa shape index (κ3) is 4.15. The van der Waals surface area contributed by atoms with Gasteiger partial charge in [0.2, 0.25) is 9.84 Å². The summed E-state index contributed by atoms with van der Waals surface area (Å²) in [5, 5.41) is 15.2. The second-order valence-corrected chi connectivity index (χ2v) is 11.1. The second kappa shape index (κ2) is 9.03. The van der Waals surface area contributed by atoms with Crippen LogP contribution < -0.4 is 10.6 Å². The van der Waals surface area contributed by atoms with Gasteiger partial charge in [-0.15, -0.1) is 11.3 Å². The standard InChI is InChI=1S/C26H18N4O4S2/c1-15-10-23-21(30-25(32)19-4-2-3-5-22(19)36(23,33)34)11-20(15)24(31)28-13-18-14-29-26(35-18)17-8-6-16(12-27)7-9-17/h2-11,14H,13H2,1H3,(H,28,31)(H,30,32). The van der Waals surface area contributed by atoms with Gasteiger partial charge < -0.3 is 10.6 Å². The summed E-state index contributed by atoms with van der Waals surface area (Å²) in [6, 6.07) is 18.0. The largest absolute Gasteiger partial charge is 0.347 e. The molecule has 178 valence electrons. The Bertz CT molecular complexity index is 1680. The number of carbonyl (C=O) groups is 2. The molecule has 5 rings (SSSR count). The molecule has 36 heavy (non-hydrogen) atoms. The van der Waals surface area contributed by atoms with Crippen LogP contribution in [-0.4, -0.2) is 25.2 Å². The fourth-order valence-corrected chi connectivity index (χ4v) is 6.45. The van der Waals surface area contributed by atoms with Crippen LogP contribution in [0.25, 0.3) is 10.6 Å². The summed E-state index contributed by atoms with van der Waals surface area (Å²) in [6.45, 7) is 1.87. The van der Waals surface area contributed by atoms with Crippen LogP contribution in [0, 0.1) is 18.3 Å². The summed E-state index contributed by atoms with van der Waals surface area (Å²) < 4.78 is 26.5. The van der Waals surface area contributed by atoms with E-state index in [4.69, 9.17) is 5.26 Å². The van der Waals surface area contributed by atoms with Gasteiger partial charge in [-0.3, -0.25) is 9.59 Å². The zero-order valence-electron chi connectivity index (χ0n) is 18.9. The Labute approximate surface area is 211 Å². The van der Waals surface area contributed by atoms with Gasteiger partial charge in [-0.05, 0) is 48.9 Å². The predicted octanol–water partition coefficient (Wildman–Crippen LogP) is 4.32. The number of anilines is 1. The molecule has 2 amide bonds. The van der Waals surface area contributed by atoms with E-state index in [9.17, 15) is 18.0 Å². The number of nitrogens with zero attached hydrogens (tertiary/aromatic N) is 2. The van der Waals surface area contributed by atoms with Crippen molar-refractivity contribution in [2.75, 3.05) is 5.32 Å². The van der Waals surface area contributed by atoms with Gasteiger partial charge in [-0.1, -0.05) is 24.3 Å². The highest BCUT2D eigenvalue weighted by Crippen LogP contribution is 2.35. The van der Waals surface area contributed by atoms with Gasteiger partial charge in [0.15, 0.2) is 0 Å². The maximum Gasteiger partial charge on any atom is 0.257 e. The Morgan fingerprint density at radius 3 is 2.61 bits per heavy atom. The molecule has 3 aromatic carbocycles. The SMILES string of the molecule is Cc1cc2c(cc1C(=O)NCc1cnc(-c3ccc(C#N)cc3)s1)NC(=O)c1ccccc1S2(=O)=O. The van der Waals surface area contributed by atoms with Crippen LogP contribution in [0.2, 0.25) is 0 Å². The van der Waals surface area contributed by atoms with Crippen molar-refractivity contribution in [3.63, 3.8) is 0 Å². The first-order chi connectivity index (χ1) is 17.3. The Hall–Kier alpha value is -4.33. The van der Waals surface area contributed by atoms with E-state index < -0.39 is 21.7 Å². The highest BCUT2D eigenvalue weighted by molar-refractivity contribution is 7.91. The molecule has 0 spiro atoms. The molecule has 1 aromatic heterocycles. The summed E-state index contributed by atoms with van der Waals surface area (Å²) in [5.41, 5.74) is 2.27. The number of aryl methyl sites for hydroxylation is 1. The van der Waals surface area contributed by atoms with E-state index in [-0.39, 0.29) is 33.2 Å². The van der Waals surface area contributed by atoms with Crippen molar-refractivity contribution in [1.29, 1.82) is 5.26 Å². The van der Waals surface area contributed by atoms with Crippen LogP contribution in [0.5, 0.6) is 0 Å². The Morgan fingerprint density at radius 2 is 1.86 bits per heavy atom. The predicted molar refractivity (Wildman–Crippen MR) is 134 cm³/mol. The van der Waals surface area contributed by atoms with E-state index in [1.54, 1.807) is 37.4 Å². The fraction of sp³-hybridized carbons (Fsp3) is 0.0769. The third-order valence-electron chi connectivity index (χ3n) is 5.77. The first-order valence-electron chi connectivity index (χ1n) is 10.8. The lowest BCUT2D eigenvalue weighted by molar-refractivity contribution is 0.0949. The number of nitrogens with one attached hydrogen (secondary N) is 2. The number of nitriles is 1. The number of hydrogen-bond acceptors (Lipinski definition) is 7. The molecule has 10 heteroatoms. The Kier molecular flexibility index (Phi) is 5.88. The van der Waals surface area contributed by atoms with Crippen molar-refractivity contribution in [3.8, 4) is 16.6 Å². The lowest BCUT2D eigenvalue weighted by Gasteiger charge is -2.13. The summed E-state index contributed by atoms with van der Waals surface area (Å²) in [7, 11) is -3.96. The summed E-state index contributed by atoms with van der Waals surface area (Å²) in [5.74, 6) is -0.958. The van der Waals surface area contributed by atoms with Crippen molar-refractivity contribution in [2.24, 2.45) is 0 Å². The van der Waals surface area contributed by atoms with E-state index in [1.807, 2.05) is 12.1 Å². The summed E-state index contributed by atoms with van der Waals surface area (Å²) in [4.78, 5) is 30.8. The second-order valence-electron chi connectivity index (χ2n) is 8.12. The molecule has 0 saturated carbocycles. The van der Waals surface area contributed by atoms with Gasteiger partial charge in [0.1, 0.15) is 5.01 Å². The minimum absolute atomic E-state index is 0.0515. The van der Waals surface area contributed by atoms with Crippen molar-refractivity contribution in [3.05, 3.63) is 94.0 Å². The van der Waals surface area contributed by atoms with Gasteiger partial charge >= 0.3 is 0 Å². The van der Waals surface area contributed by atoms with E-state index in [1.165, 1.54) is 35.6 Å². The van der Waals surface area contributed by atoms with Gasteiger partial charge in [0, 0.05) is 22.2 Å². The van der Waals surface area contributed by atoms with Crippen LogP contribution in [0.3, 0.4) is 0 Å². The molecular weight excluding hydrogens is 496 g/mol. The van der Waals surface area contributed by atoms with Crippen LogP contribution in [0.1, 0.15) is 36.7 Å². The number of thiazole rings is 1. The minimum Gasteiger partial charge on any atom is -0.347 e. The zero-order chi connectivity index (χ0) is 25.4. The molecule has 1 aliphatic rings. The van der Waals surface area contributed by atoms with Crippen LogP contribution >= 0.6 is 11.3 Å². The number of benzene rings is 3. The number of aromatic nitrogens is 1. The van der Waals surface area contributed by atoms with Crippen molar-refractivity contribution < 1.29 is 18.0 Å². The molecular formula is C26H18N4O4S2. The molecule has 1 aliphatic heterocycles. The lowest BCUT2D eigenvalue weighted by atomic mass is 10.1. The molecule has 2 heterocycles. The van der Waals surface area contributed by atoms with Crippen LogP contribution in [0.4, 0.5) is 5.69 Å². The summed E-state index contributed by atoms with van der Waals surface area (Å²) in [6.07, 6.45) is 1.67. The molecule has 0 unspecified atom stereocenters. The number of fused-ring (bicyclic) bond motifs is 2. The Morgan fingerprint density at radius 1 is 1.11 bits per heavy atom. The van der Waals surface area contributed by atoms with Gasteiger partial charge in [0.05, 0.1) is 39.2 Å². The van der Waals surface area contributed by atoms with Crippen molar-refractivity contribution in [2.45, 2.75) is 23.3 Å². The monoisotopic (exact) mass is 514 g/mol. The smallest absolute Gasteiger partial charge is 0.257 e. The van der Waals surface area contributed by atoms with E-state index in [2.05, 4.69) is 21.7 Å². The molecule has 0 aliphatic carbocycles. The normalized spacial score (nSPS) is 13.5. The average molecular weight is 515 g/mol. The molecule has 0 radical (unpaired) electrons.